The van der Waals surface area contributed by atoms with Crippen molar-refractivity contribution in [2.45, 2.75) is 43.0 Å². The third-order valence-electron chi connectivity index (χ3n) is 4.75. The molecule has 160 valence electrons. The fourth-order valence-corrected chi connectivity index (χ4v) is 4.86. The van der Waals surface area contributed by atoms with Crippen LogP contribution in [0.3, 0.4) is 0 Å². The molecule has 2 amide bonds. The van der Waals surface area contributed by atoms with Crippen LogP contribution in [0.2, 0.25) is 0 Å². The number of hydrogen-bond acceptors (Lipinski definition) is 8. The number of hydrogen-bond donors (Lipinski definition) is 1. The van der Waals surface area contributed by atoms with E-state index >= 15 is 0 Å². The molecule has 10 heteroatoms. The molecule has 1 aliphatic carbocycles. The molecule has 0 saturated heterocycles. The summed E-state index contributed by atoms with van der Waals surface area (Å²) >= 11 is 2.71. The summed E-state index contributed by atoms with van der Waals surface area (Å²) in [6.07, 6.45) is 3.19. The molecule has 0 radical (unpaired) electrons. The van der Waals surface area contributed by atoms with Crippen LogP contribution in [0.15, 0.2) is 22.5 Å². The zero-order valence-electron chi connectivity index (χ0n) is 16.8. The summed E-state index contributed by atoms with van der Waals surface area (Å²) < 4.78 is 11.8. The van der Waals surface area contributed by atoms with Crippen LogP contribution in [0, 0.1) is 0 Å². The number of anilines is 1. The maximum atomic E-state index is 12.2. The lowest BCUT2D eigenvalue weighted by Crippen LogP contribution is -2.32. The molecular formula is C20H24N4O4S2. The number of thioether (sulfide) groups is 1. The number of carbonyl (C=O) groups is 2. The van der Waals surface area contributed by atoms with Gasteiger partial charge in [0.1, 0.15) is 13.2 Å². The number of rotatable bonds is 9. The fraction of sp³-hybridized carbons (Fsp3) is 0.500. The number of nitrogens with one attached hydrogen (secondary N) is 1. The number of benzene rings is 1. The van der Waals surface area contributed by atoms with Crippen molar-refractivity contribution in [3.63, 3.8) is 0 Å². The highest BCUT2D eigenvalue weighted by Gasteiger charge is 2.35. The Labute approximate surface area is 183 Å². The van der Waals surface area contributed by atoms with Crippen molar-refractivity contribution < 1.29 is 19.1 Å². The molecule has 1 aliphatic heterocycles. The first kappa shape index (κ1) is 20.9. The van der Waals surface area contributed by atoms with Crippen LogP contribution in [-0.4, -0.2) is 53.6 Å². The molecule has 0 spiro atoms. The van der Waals surface area contributed by atoms with Gasteiger partial charge in [0.2, 0.25) is 16.9 Å². The van der Waals surface area contributed by atoms with Crippen LogP contribution < -0.4 is 19.7 Å². The molecule has 1 saturated carbocycles. The SMILES string of the molecule is CCC(=O)N(c1nnc(SCC(=O)NCCc2ccc3c(c2)OCCO3)s1)C1CC1. The number of amides is 2. The Morgan fingerprint density at radius 3 is 2.80 bits per heavy atom. The topological polar surface area (TPSA) is 93.7 Å². The minimum atomic E-state index is -0.0574. The van der Waals surface area contributed by atoms with E-state index in [2.05, 4.69) is 15.5 Å². The third kappa shape index (κ3) is 5.23. The van der Waals surface area contributed by atoms with E-state index in [0.717, 1.165) is 29.9 Å². The Balaban J connectivity index is 1.22. The minimum Gasteiger partial charge on any atom is -0.486 e. The highest BCUT2D eigenvalue weighted by molar-refractivity contribution is 8.01. The first-order valence-corrected chi connectivity index (χ1v) is 11.9. The van der Waals surface area contributed by atoms with Crippen LogP contribution in [0.5, 0.6) is 11.5 Å². The summed E-state index contributed by atoms with van der Waals surface area (Å²) in [4.78, 5) is 26.1. The molecule has 2 aromatic rings. The predicted octanol–water partition coefficient (Wildman–Crippen LogP) is 2.67. The quantitative estimate of drug-likeness (QED) is 0.466. The zero-order valence-corrected chi connectivity index (χ0v) is 18.4. The Kier molecular flexibility index (Phi) is 6.73. The molecule has 1 N–H and O–H groups in total. The Hall–Kier alpha value is -2.33. The molecule has 4 rings (SSSR count). The van der Waals surface area contributed by atoms with Crippen molar-refractivity contribution in [1.29, 1.82) is 0 Å². The maximum Gasteiger partial charge on any atom is 0.230 e. The summed E-state index contributed by atoms with van der Waals surface area (Å²) in [6.45, 7) is 3.52. The Morgan fingerprint density at radius 2 is 2.03 bits per heavy atom. The number of carbonyl (C=O) groups excluding carboxylic acids is 2. The second-order valence-corrected chi connectivity index (χ2v) is 9.24. The number of fused-ring (bicyclic) bond motifs is 1. The van der Waals surface area contributed by atoms with Crippen molar-refractivity contribution in [3.8, 4) is 11.5 Å². The van der Waals surface area contributed by atoms with Gasteiger partial charge in [0, 0.05) is 19.0 Å². The van der Waals surface area contributed by atoms with Gasteiger partial charge >= 0.3 is 0 Å². The molecule has 0 atom stereocenters. The summed E-state index contributed by atoms with van der Waals surface area (Å²) in [5, 5.41) is 11.9. The van der Waals surface area contributed by atoms with Crippen LogP contribution >= 0.6 is 23.1 Å². The van der Waals surface area contributed by atoms with E-state index in [-0.39, 0.29) is 23.6 Å². The lowest BCUT2D eigenvalue weighted by Gasteiger charge is -2.18. The van der Waals surface area contributed by atoms with Gasteiger partial charge in [-0.05, 0) is 37.0 Å². The Bertz CT molecular complexity index is 916. The van der Waals surface area contributed by atoms with Gasteiger partial charge in [-0.25, -0.2) is 0 Å². The van der Waals surface area contributed by atoms with E-state index in [1.54, 1.807) is 4.90 Å². The van der Waals surface area contributed by atoms with Crippen LogP contribution in [0.25, 0.3) is 0 Å². The summed E-state index contributed by atoms with van der Waals surface area (Å²) in [5.41, 5.74) is 1.08. The first-order chi connectivity index (χ1) is 14.6. The summed E-state index contributed by atoms with van der Waals surface area (Å²) in [5.74, 6) is 1.80. The molecular weight excluding hydrogens is 424 g/mol. The zero-order chi connectivity index (χ0) is 20.9. The lowest BCUT2D eigenvalue weighted by molar-refractivity contribution is -0.119. The predicted molar refractivity (Wildman–Crippen MR) is 116 cm³/mol. The largest absolute Gasteiger partial charge is 0.486 e. The van der Waals surface area contributed by atoms with Crippen LogP contribution in [0.1, 0.15) is 31.7 Å². The molecule has 30 heavy (non-hydrogen) atoms. The lowest BCUT2D eigenvalue weighted by atomic mass is 10.1. The van der Waals surface area contributed by atoms with E-state index in [9.17, 15) is 9.59 Å². The second kappa shape index (κ2) is 9.65. The minimum absolute atomic E-state index is 0.0574. The van der Waals surface area contributed by atoms with E-state index in [1.807, 2.05) is 25.1 Å². The highest BCUT2D eigenvalue weighted by atomic mass is 32.2. The van der Waals surface area contributed by atoms with Crippen molar-refractivity contribution in [1.82, 2.24) is 15.5 Å². The molecule has 1 aromatic carbocycles. The van der Waals surface area contributed by atoms with Crippen molar-refractivity contribution in [3.05, 3.63) is 23.8 Å². The summed E-state index contributed by atoms with van der Waals surface area (Å²) in [6, 6.07) is 6.11. The van der Waals surface area contributed by atoms with E-state index in [1.165, 1.54) is 23.1 Å². The van der Waals surface area contributed by atoms with Crippen molar-refractivity contribution >= 4 is 40.0 Å². The highest BCUT2D eigenvalue weighted by Crippen LogP contribution is 2.36. The molecule has 0 bridgehead atoms. The van der Waals surface area contributed by atoms with Gasteiger partial charge in [-0.15, -0.1) is 10.2 Å². The van der Waals surface area contributed by atoms with Crippen molar-refractivity contribution in [2.75, 3.05) is 30.4 Å². The van der Waals surface area contributed by atoms with Crippen LogP contribution in [-0.2, 0) is 16.0 Å². The fourth-order valence-electron chi connectivity index (χ4n) is 3.10. The summed E-state index contributed by atoms with van der Waals surface area (Å²) in [7, 11) is 0. The van der Waals surface area contributed by atoms with E-state index in [0.29, 0.717) is 42.1 Å². The van der Waals surface area contributed by atoms with Crippen LogP contribution in [0.4, 0.5) is 5.13 Å². The van der Waals surface area contributed by atoms with E-state index in [4.69, 9.17) is 9.47 Å². The van der Waals surface area contributed by atoms with Gasteiger partial charge in [0.05, 0.1) is 5.75 Å². The van der Waals surface area contributed by atoms with Crippen molar-refractivity contribution in [2.24, 2.45) is 0 Å². The second-order valence-electron chi connectivity index (χ2n) is 7.07. The standard InChI is InChI=1S/C20H24N4O4S2/c1-2-18(26)24(14-4-5-14)19-22-23-20(30-19)29-12-17(25)21-8-7-13-3-6-15-16(11-13)28-10-9-27-15/h3,6,11,14H,2,4-5,7-10,12H2,1H3,(H,21,25). The van der Waals surface area contributed by atoms with Gasteiger partial charge in [-0.2, -0.15) is 0 Å². The molecule has 0 unspecified atom stereocenters. The van der Waals surface area contributed by atoms with Gasteiger partial charge in [-0.3, -0.25) is 14.5 Å². The molecule has 1 fully saturated rings. The van der Waals surface area contributed by atoms with Gasteiger partial charge < -0.3 is 14.8 Å². The van der Waals surface area contributed by atoms with Gasteiger partial charge in [0.25, 0.3) is 0 Å². The van der Waals surface area contributed by atoms with E-state index < -0.39 is 0 Å². The molecule has 1 aromatic heterocycles. The maximum absolute atomic E-state index is 12.2. The first-order valence-electron chi connectivity index (χ1n) is 10.1. The average molecular weight is 449 g/mol. The monoisotopic (exact) mass is 448 g/mol. The third-order valence-corrected chi connectivity index (χ3v) is 6.81. The molecule has 2 heterocycles. The molecule has 8 nitrogen and oxygen atoms in total. The van der Waals surface area contributed by atoms with Gasteiger partial charge in [0.15, 0.2) is 15.8 Å². The van der Waals surface area contributed by atoms with Gasteiger partial charge in [-0.1, -0.05) is 36.1 Å². The normalized spacial score (nSPS) is 15.0. The smallest absolute Gasteiger partial charge is 0.230 e. The number of aromatic nitrogens is 2. The number of ether oxygens (including phenoxy) is 2. The number of nitrogens with zero attached hydrogens (tertiary/aromatic N) is 3. The Morgan fingerprint density at radius 1 is 1.23 bits per heavy atom. The average Bonchev–Trinajstić information content (AvgIpc) is 3.49. The molecule has 2 aliphatic rings.